The van der Waals surface area contributed by atoms with Crippen LogP contribution in [0, 0.1) is 0 Å². The van der Waals surface area contributed by atoms with Crippen LogP contribution in [0.4, 0.5) is 13.2 Å². The Kier molecular flexibility index (Phi) is 8.00. The smallest absolute Gasteiger partial charge is 0.405 e. The molecule has 3 aromatic heterocycles. The Hall–Kier alpha value is -4.55. The van der Waals surface area contributed by atoms with E-state index in [4.69, 9.17) is 14.2 Å². The number of esters is 1. The van der Waals surface area contributed by atoms with Crippen LogP contribution in [-0.2, 0) is 9.53 Å². The molecule has 0 aliphatic heterocycles. The van der Waals surface area contributed by atoms with Crippen LogP contribution < -0.4 is 14.8 Å². The third-order valence-corrected chi connectivity index (χ3v) is 6.07. The molecule has 0 aliphatic rings. The molecule has 4 rings (SSSR count). The van der Waals surface area contributed by atoms with Crippen LogP contribution in [-0.4, -0.2) is 63.6 Å². The van der Waals surface area contributed by atoms with Gasteiger partial charge in [0.1, 0.15) is 40.9 Å². The number of hydrogen-bond acceptors (Lipinski definition) is 7. The summed E-state index contributed by atoms with van der Waals surface area (Å²) in [4.78, 5) is 29.5. The molecule has 3 heterocycles. The van der Waals surface area contributed by atoms with Gasteiger partial charge in [-0.15, -0.1) is 0 Å². The summed E-state index contributed by atoms with van der Waals surface area (Å²) < 4.78 is 57.4. The Balaban J connectivity index is 1.64. The van der Waals surface area contributed by atoms with Crippen LogP contribution in [0.2, 0.25) is 0 Å². The highest BCUT2D eigenvalue weighted by Gasteiger charge is 2.30. The zero-order valence-corrected chi connectivity index (χ0v) is 23.4. The van der Waals surface area contributed by atoms with Gasteiger partial charge >= 0.3 is 12.1 Å². The van der Waals surface area contributed by atoms with Gasteiger partial charge < -0.3 is 19.5 Å². The Labute approximate surface area is 234 Å². The van der Waals surface area contributed by atoms with Gasteiger partial charge in [0.15, 0.2) is 0 Å². The summed E-state index contributed by atoms with van der Waals surface area (Å²) in [5.74, 6) is -1.30. The van der Waals surface area contributed by atoms with E-state index in [0.29, 0.717) is 16.9 Å². The summed E-state index contributed by atoms with van der Waals surface area (Å²) in [6.07, 6.45) is 2.24. The molecule has 1 aromatic carbocycles. The number of halogens is 3. The lowest BCUT2D eigenvalue weighted by Gasteiger charge is -2.22. The predicted molar refractivity (Wildman–Crippen MR) is 144 cm³/mol. The monoisotopic (exact) mass is 573 g/mol. The molecule has 0 spiro atoms. The summed E-state index contributed by atoms with van der Waals surface area (Å²) in [6, 6.07) is 6.14. The van der Waals surface area contributed by atoms with Crippen molar-refractivity contribution in [1.82, 2.24) is 24.5 Å². The molecular formula is C28H30F3N5O5. The highest BCUT2D eigenvalue weighted by molar-refractivity contribution is 6.00. The number of carbonyl (C=O) groups excluding carboxylic acids is 2. The molecule has 218 valence electrons. The summed E-state index contributed by atoms with van der Waals surface area (Å²) >= 11 is 0. The summed E-state index contributed by atoms with van der Waals surface area (Å²) in [6.45, 7) is 5.62. The van der Waals surface area contributed by atoms with Gasteiger partial charge in [-0.1, -0.05) is 0 Å². The number of rotatable bonds is 8. The van der Waals surface area contributed by atoms with Crippen molar-refractivity contribution in [1.29, 1.82) is 0 Å². The first-order valence-corrected chi connectivity index (χ1v) is 12.6. The van der Waals surface area contributed by atoms with Gasteiger partial charge in [0, 0.05) is 23.5 Å². The van der Waals surface area contributed by atoms with E-state index in [1.165, 1.54) is 31.0 Å². The Morgan fingerprint density at radius 2 is 1.66 bits per heavy atom. The third-order valence-electron chi connectivity index (χ3n) is 6.07. The van der Waals surface area contributed by atoms with E-state index in [1.54, 1.807) is 56.9 Å². The van der Waals surface area contributed by atoms with Crippen molar-refractivity contribution in [3.8, 4) is 33.9 Å². The van der Waals surface area contributed by atoms with Crippen molar-refractivity contribution >= 4 is 17.5 Å². The molecule has 0 saturated carbocycles. The zero-order valence-electron chi connectivity index (χ0n) is 23.4. The number of amides is 1. The molecule has 1 amide bonds. The average Bonchev–Trinajstić information content (AvgIpc) is 3.56. The normalized spacial score (nSPS) is 12.7. The highest BCUT2D eigenvalue weighted by Crippen LogP contribution is 2.36. The minimum absolute atomic E-state index is 0.0390. The lowest BCUT2D eigenvalue weighted by atomic mass is 10.1. The predicted octanol–water partition coefficient (Wildman–Crippen LogP) is 5.08. The van der Waals surface area contributed by atoms with Crippen LogP contribution in [0.3, 0.4) is 0 Å². The fraction of sp³-hybridized carbons (Fsp3) is 0.357. The lowest BCUT2D eigenvalue weighted by molar-refractivity contribution is -0.158. The summed E-state index contributed by atoms with van der Waals surface area (Å²) in [5, 5.41) is 6.17. The first kappa shape index (κ1) is 29.4. The molecule has 0 aliphatic carbocycles. The first-order valence-electron chi connectivity index (χ1n) is 12.6. The number of ether oxygens (including phenoxy) is 3. The van der Waals surface area contributed by atoms with Crippen molar-refractivity contribution in [2.75, 3.05) is 20.8 Å². The van der Waals surface area contributed by atoms with E-state index >= 15 is 0 Å². The molecule has 41 heavy (non-hydrogen) atoms. The fourth-order valence-corrected chi connectivity index (χ4v) is 4.12. The third kappa shape index (κ3) is 6.61. The second-order valence-electron chi connectivity index (χ2n) is 10.3. The van der Waals surface area contributed by atoms with Crippen LogP contribution >= 0.6 is 0 Å². The van der Waals surface area contributed by atoms with E-state index in [0.717, 1.165) is 11.1 Å². The number of fused-ring (bicyclic) bond motifs is 1. The van der Waals surface area contributed by atoms with E-state index in [9.17, 15) is 22.8 Å². The largest absolute Gasteiger partial charge is 0.496 e. The maximum absolute atomic E-state index is 12.6. The number of methoxy groups -OCH3 is 2. The maximum Gasteiger partial charge on any atom is 0.405 e. The van der Waals surface area contributed by atoms with Gasteiger partial charge in [-0.25, -0.2) is 9.78 Å². The number of aromatic nitrogens is 4. The van der Waals surface area contributed by atoms with E-state index in [1.807, 2.05) is 17.4 Å². The minimum Gasteiger partial charge on any atom is -0.496 e. The summed E-state index contributed by atoms with van der Waals surface area (Å²) in [5.41, 5.74) is 2.59. The highest BCUT2D eigenvalue weighted by atomic mass is 19.4. The molecule has 0 fully saturated rings. The molecule has 1 unspecified atom stereocenters. The number of alkyl halides is 3. The van der Waals surface area contributed by atoms with Gasteiger partial charge in [-0.3, -0.25) is 13.9 Å². The second kappa shape index (κ2) is 11.1. The van der Waals surface area contributed by atoms with Crippen molar-refractivity contribution in [2.45, 2.75) is 45.5 Å². The van der Waals surface area contributed by atoms with Gasteiger partial charge in [-0.05, 0) is 57.5 Å². The van der Waals surface area contributed by atoms with Crippen LogP contribution in [0.15, 0.2) is 49.1 Å². The van der Waals surface area contributed by atoms with Gasteiger partial charge in [0.05, 0.1) is 32.3 Å². The number of carbonyl (C=O) groups is 2. The number of hydrogen-bond donors (Lipinski definition) is 1. The molecule has 0 bridgehead atoms. The van der Waals surface area contributed by atoms with E-state index in [-0.39, 0.29) is 17.1 Å². The molecular weight excluding hydrogens is 543 g/mol. The van der Waals surface area contributed by atoms with Gasteiger partial charge in [0.25, 0.3) is 5.91 Å². The molecule has 10 nitrogen and oxygen atoms in total. The number of nitrogens with one attached hydrogen (secondary N) is 1. The van der Waals surface area contributed by atoms with Gasteiger partial charge in [-0.2, -0.15) is 18.3 Å². The van der Waals surface area contributed by atoms with Crippen LogP contribution in [0.5, 0.6) is 11.5 Å². The zero-order chi connectivity index (χ0) is 30.1. The molecule has 0 radical (unpaired) electrons. The van der Waals surface area contributed by atoms with Crippen molar-refractivity contribution in [2.24, 2.45) is 0 Å². The number of nitrogens with zero attached hydrogens (tertiary/aromatic N) is 4. The number of imidazole rings is 1. The Morgan fingerprint density at radius 3 is 2.24 bits per heavy atom. The van der Waals surface area contributed by atoms with Crippen LogP contribution in [0.1, 0.15) is 44.1 Å². The molecule has 13 heteroatoms. The van der Waals surface area contributed by atoms with Crippen molar-refractivity contribution in [3.05, 3.63) is 54.6 Å². The first-order chi connectivity index (χ1) is 19.2. The topological polar surface area (TPSA) is 109 Å². The Morgan fingerprint density at radius 1 is 1.00 bits per heavy atom. The maximum atomic E-state index is 12.6. The minimum atomic E-state index is -4.57. The molecule has 4 aromatic rings. The molecule has 1 atom stereocenters. The standard InChI is InChI=1S/C28H30F3N5O5/c1-16(26(38)41-27(2,3)4)36-14-19(12-34-36)17-7-8-35-20(13-32-23(35)11-17)18-9-21(39-5)24(22(10-18)40-6)25(37)33-15-28(29,30)31/h7-14,16H,15H2,1-6H3,(H,33,37). The van der Waals surface area contributed by atoms with Crippen molar-refractivity contribution < 1.29 is 37.0 Å². The van der Waals surface area contributed by atoms with E-state index in [2.05, 4.69) is 10.1 Å². The summed E-state index contributed by atoms with van der Waals surface area (Å²) in [7, 11) is 2.62. The quantitative estimate of drug-likeness (QED) is 0.293. The van der Waals surface area contributed by atoms with E-state index < -0.39 is 36.2 Å². The average molecular weight is 574 g/mol. The molecule has 1 N–H and O–H groups in total. The molecule has 0 saturated heterocycles. The fourth-order valence-electron chi connectivity index (χ4n) is 4.12. The second-order valence-corrected chi connectivity index (χ2v) is 10.3. The SMILES string of the molecule is COc1cc(-c2cnc3cc(-c4cnn(C(C)C(=O)OC(C)(C)C)c4)ccn23)cc(OC)c1C(=O)NCC(F)(F)F. The van der Waals surface area contributed by atoms with Crippen molar-refractivity contribution in [3.63, 3.8) is 0 Å². The number of benzene rings is 1. The number of pyridine rings is 1. The van der Waals surface area contributed by atoms with Crippen LogP contribution in [0.25, 0.3) is 28.0 Å². The van der Waals surface area contributed by atoms with Gasteiger partial charge in [0.2, 0.25) is 0 Å². The Bertz CT molecular complexity index is 1560. The lowest BCUT2D eigenvalue weighted by Crippen LogP contribution is -2.34.